The minimum atomic E-state index is -0.114. The van der Waals surface area contributed by atoms with E-state index < -0.39 is 0 Å². The van der Waals surface area contributed by atoms with E-state index in [1.165, 1.54) is 0 Å². The summed E-state index contributed by atoms with van der Waals surface area (Å²) in [4.78, 5) is 0. The van der Waals surface area contributed by atoms with Gasteiger partial charge in [-0.25, -0.2) is 0 Å². The van der Waals surface area contributed by atoms with Gasteiger partial charge >= 0.3 is 0 Å². The average molecular weight is 180 g/mol. The lowest BCUT2D eigenvalue weighted by Crippen LogP contribution is -2.08. The molecule has 3 nitrogen and oxygen atoms in total. The molecule has 0 saturated heterocycles. The van der Waals surface area contributed by atoms with Crippen molar-refractivity contribution >= 4 is 0 Å². The summed E-state index contributed by atoms with van der Waals surface area (Å²) in [6, 6.07) is 4.17. The van der Waals surface area contributed by atoms with E-state index in [0.29, 0.717) is 19.4 Å². The van der Waals surface area contributed by atoms with Crippen LogP contribution in [0.1, 0.15) is 32.6 Å². The second-order valence-corrected chi connectivity index (χ2v) is 2.95. The molecule has 0 aliphatic rings. The first-order chi connectivity index (χ1) is 6.35. The quantitative estimate of drug-likeness (QED) is 0.564. The first kappa shape index (κ1) is 11.9. The summed E-state index contributed by atoms with van der Waals surface area (Å²) in [6.07, 6.45) is 3.21. The van der Waals surface area contributed by atoms with Crippen molar-refractivity contribution in [3.05, 3.63) is 0 Å². The Morgan fingerprint density at radius 1 is 1.38 bits per heavy atom. The molecule has 0 saturated carbocycles. The van der Waals surface area contributed by atoms with Crippen LogP contribution in [0.15, 0.2) is 0 Å². The SMILES string of the molecule is CCCCOCC(C#N)CCC#N. The molecule has 0 amide bonds. The van der Waals surface area contributed by atoms with Gasteiger partial charge in [-0.3, -0.25) is 0 Å². The molecule has 13 heavy (non-hydrogen) atoms. The Kier molecular flexibility index (Phi) is 8.30. The maximum absolute atomic E-state index is 8.67. The van der Waals surface area contributed by atoms with Crippen LogP contribution in [-0.4, -0.2) is 13.2 Å². The predicted molar refractivity (Wildman–Crippen MR) is 49.7 cm³/mol. The van der Waals surface area contributed by atoms with E-state index in [0.717, 1.165) is 19.4 Å². The van der Waals surface area contributed by atoms with Crippen molar-refractivity contribution in [2.45, 2.75) is 32.6 Å². The Morgan fingerprint density at radius 2 is 2.15 bits per heavy atom. The normalized spacial score (nSPS) is 11.6. The minimum Gasteiger partial charge on any atom is -0.380 e. The van der Waals surface area contributed by atoms with E-state index in [2.05, 4.69) is 13.0 Å². The van der Waals surface area contributed by atoms with Gasteiger partial charge in [0.05, 0.1) is 24.7 Å². The van der Waals surface area contributed by atoms with Gasteiger partial charge in [0, 0.05) is 13.0 Å². The zero-order chi connectivity index (χ0) is 9.94. The highest BCUT2D eigenvalue weighted by atomic mass is 16.5. The van der Waals surface area contributed by atoms with Gasteiger partial charge in [-0.2, -0.15) is 10.5 Å². The Hall–Kier alpha value is -1.06. The third kappa shape index (κ3) is 7.31. The van der Waals surface area contributed by atoms with Crippen LogP contribution in [0.3, 0.4) is 0 Å². The molecule has 0 spiro atoms. The Morgan fingerprint density at radius 3 is 2.69 bits per heavy atom. The predicted octanol–water partition coefficient (Wildman–Crippen LogP) is 2.25. The summed E-state index contributed by atoms with van der Waals surface area (Å²) in [5, 5.41) is 17.0. The summed E-state index contributed by atoms with van der Waals surface area (Å²) >= 11 is 0. The van der Waals surface area contributed by atoms with Gasteiger partial charge in [-0.15, -0.1) is 0 Å². The first-order valence-electron chi connectivity index (χ1n) is 4.69. The van der Waals surface area contributed by atoms with E-state index in [9.17, 15) is 0 Å². The van der Waals surface area contributed by atoms with Crippen molar-refractivity contribution in [1.82, 2.24) is 0 Å². The number of nitriles is 2. The van der Waals surface area contributed by atoms with Crippen LogP contribution in [0.25, 0.3) is 0 Å². The molecule has 0 aromatic carbocycles. The van der Waals surface area contributed by atoms with Crippen LogP contribution in [0.4, 0.5) is 0 Å². The fourth-order valence-corrected chi connectivity index (χ4v) is 0.896. The van der Waals surface area contributed by atoms with E-state index in [1.54, 1.807) is 0 Å². The first-order valence-corrected chi connectivity index (χ1v) is 4.69. The summed E-state index contributed by atoms with van der Waals surface area (Å²) in [6.45, 7) is 3.29. The maximum Gasteiger partial charge on any atom is 0.0707 e. The van der Waals surface area contributed by atoms with Gasteiger partial charge in [-0.05, 0) is 12.8 Å². The highest BCUT2D eigenvalue weighted by Crippen LogP contribution is 2.05. The van der Waals surface area contributed by atoms with Crippen molar-refractivity contribution in [2.24, 2.45) is 5.92 Å². The lowest BCUT2D eigenvalue weighted by atomic mass is 10.1. The molecule has 0 N–H and O–H groups in total. The van der Waals surface area contributed by atoms with Crippen molar-refractivity contribution in [1.29, 1.82) is 10.5 Å². The van der Waals surface area contributed by atoms with Crippen LogP contribution in [-0.2, 0) is 4.74 Å². The molecule has 0 bridgehead atoms. The fraction of sp³-hybridized carbons (Fsp3) is 0.800. The molecular formula is C10H16N2O. The van der Waals surface area contributed by atoms with Crippen LogP contribution in [0, 0.1) is 28.6 Å². The Labute approximate surface area is 79.9 Å². The molecule has 0 aromatic rings. The van der Waals surface area contributed by atoms with Crippen LogP contribution in [0.5, 0.6) is 0 Å². The molecule has 0 aromatic heterocycles. The van der Waals surface area contributed by atoms with E-state index in [1.807, 2.05) is 6.07 Å². The third-order valence-corrected chi connectivity index (χ3v) is 1.75. The summed E-state index contributed by atoms with van der Waals surface area (Å²) in [5.74, 6) is -0.114. The molecule has 0 fully saturated rings. The van der Waals surface area contributed by atoms with Gasteiger partial charge in [0.25, 0.3) is 0 Å². The van der Waals surface area contributed by atoms with Gasteiger partial charge in [0.1, 0.15) is 0 Å². The second-order valence-electron chi connectivity index (χ2n) is 2.95. The number of ether oxygens (including phenoxy) is 1. The fourth-order valence-electron chi connectivity index (χ4n) is 0.896. The maximum atomic E-state index is 8.67. The van der Waals surface area contributed by atoms with Crippen molar-refractivity contribution in [2.75, 3.05) is 13.2 Å². The van der Waals surface area contributed by atoms with Gasteiger partial charge in [-0.1, -0.05) is 13.3 Å². The number of unbranched alkanes of at least 4 members (excludes halogenated alkanes) is 1. The Balaban J connectivity index is 3.39. The zero-order valence-electron chi connectivity index (χ0n) is 8.12. The molecule has 0 rings (SSSR count). The van der Waals surface area contributed by atoms with E-state index >= 15 is 0 Å². The van der Waals surface area contributed by atoms with Crippen LogP contribution in [0.2, 0.25) is 0 Å². The monoisotopic (exact) mass is 180 g/mol. The van der Waals surface area contributed by atoms with Crippen LogP contribution < -0.4 is 0 Å². The van der Waals surface area contributed by atoms with Gasteiger partial charge in [0.2, 0.25) is 0 Å². The molecule has 1 unspecified atom stereocenters. The standard InChI is InChI=1S/C10H16N2O/c1-2-3-7-13-9-10(8-12)5-4-6-11/h10H,2-5,7,9H2,1H3. The molecule has 3 heteroatoms. The highest BCUT2D eigenvalue weighted by Gasteiger charge is 2.06. The minimum absolute atomic E-state index is 0.114. The van der Waals surface area contributed by atoms with Gasteiger partial charge in [0.15, 0.2) is 0 Å². The Bertz CT molecular complexity index is 190. The van der Waals surface area contributed by atoms with Crippen molar-refractivity contribution < 1.29 is 4.74 Å². The molecular weight excluding hydrogens is 164 g/mol. The summed E-state index contributed by atoms with van der Waals surface area (Å²) in [7, 11) is 0. The second kappa shape index (κ2) is 9.03. The van der Waals surface area contributed by atoms with E-state index in [4.69, 9.17) is 15.3 Å². The number of hydrogen-bond donors (Lipinski definition) is 0. The number of hydrogen-bond acceptors (Lipinski definition) is 3. The number of nitrogens with zero attached hydrogens (tertiary/aromatic N) is 2. The zero-order valence-corrected chi connectivity index (χ0v) is 8.12. The van der Waals surface area contributed by atoms with Crippen molar-refractivity contribution in [3.8, 4) is 12.1 Å². The molecule has 0 heterocycles. The number of rotatable bonds is 7. The van der Waals surface area contributed by atoms with Gasteiger partial charge < -0.3 is 4.74 Å². The lowest BCUT2D eigenvalue weighted by Gasteiger charge is -2.06. The summed E-state index contributed by atoms with van der Waals surface area (Å²) < 4.78 is 5.29. The van der Waals surface area contributed by atoms with Crippen LogP contribution >= 0.6 is 0 Å². The molecule has 0 aliphatic heterocycles. The highest BCUT2D eigenvalue weighted by molar-refractivity contribution is 4.85. The largest absolute Gasteiger partial charge is 0.380 e. The molecule has 1 atom stereocenters. The smallest absolute Gasteiger partial charge is 0.0707 e. The average Bonchev–Trinajstić information content (AvgIpc) is 2.17. The van der Waals surface area contributed by atoms with Crippen molar-refractivity contribution in [3.63, 3.8) is 0 Å². The van der Waals surface area contributed by atoms with E-state index in [-0.39, 0.29) is 5.92 Å². The molecule has 72 valence electrons. The molecule has 0 aliphatic carbocycles. The molecule has 0 radical (unpaired) electrons. The third-order valence-electron chi connectivity index (χ3n) is 1.75. The topological polar surface area (TPSA) is 56.8 Å². The lowest BCUT2D eigenvalue weighted by molar-refractivity contribution is 0.110. The summed E-state index contributed by atoms with van der Waals surface area (Å²) in [5.41, 5.74) is 0.